The van der Waals surface area contributed by atoms with E-state index in [-0.39, 0.29) is 37.6 Å². The molecule has 3 aromatic heterocycles. The van der Waals surface area contributed by atoms with Crippen LogP contribution >= 0.6 is 11.6 Å². The zero-order chi connectivity index (χ0) is 32.0. The Hall–Kier alpha value is -3.85. The monoisotopic (exact) mass is 652 g/mol. The molecule has 0 spiro atoms. The van der Waals surface area contributed by atoms with Gasteiger partial charge < -0.3 is 24.6 Å². The molecule has 246 valence electrons. The Labute approximate surface area is 273 Å². The quantitative estimate of drug-likeness (QED) is 0.226. The lowest BCUT2D eigenvalue weighted by molar-refractivity contribution is -0.0852. The van der Waals surface area contributed by atoms with E-state index in [4.69, 9.17) is 30.9 Å². The van der Waals surface area contributed by atoms with Gasteiger partial charge in [-0.3, -0.25) is 9.58 Å². The number of halogens is 1. The van der Waals surface area contributed by atoms with Crippen LogP contribution in [0.25, 0.3) is 11.1 Å². The van der Waals surface area contributed by atoms with Crippen LogP contribution in [0.15, 0.2) is 43.1 Å². The average molecular weight is 653 g/mol. The van der Waals surface area contributed by atoms with E-state index in [1.165, 1.54) is 6.33 Å². The molecule has 4 heterocycles. The largest absolute Gasteiger partial charge is 0.487 e. The third-order valence-electron chi connectivity index (χ3n) is 8.36. The van der Waals surface area contributed by atoms with Crippen molar-refractivity contribution in [2.75, 3.05) is 31.6 Å². The van der Waals surface area contributed by atoms with Gasteiger partial charge >= 0.3 is 0 Å². The van der Waals surface area contributed by atoms with E-state index in [1.54, 1.807) is 23.1 Å². The second-order valence-electron chi connectivity index (χ2n) is 12.1. The minimum Gasteiger partial charge on any atom is -0.487 e. The molecule has 15 heteroatoms. The molecule has 6 rings (SSSR count). The molecule has 1 aliphatic heterocycles. The number of morpholine rings is 1. The second-order valence-corrected chi connectivity index (χ2v) is 12.5. The number of ether oxygens (including phenoxy) is 3. The number of rotatable bonds is 12. The zero-order valence-electron chi connectivity index (χ0n) is 26.4. The van der Waals surface area contributed by atoms with Crippen molar-refractivity contribution in [3.05, 3.63) is 48.1 Å². The fraction of sp³-hybridized carbons (Fsp3) is 0.548. The summed E-state index contributed by atoms with van der Waals surface area (Å²) in [7, 11) is 0. The van der Waals surface area contributed by atoms with Gasteiger partial charge in [0.15, 0.2) is 0 Å². The van der Waals surface area contributed by atoms with Gasteiger partial charge in [-0.2, -0.15) is 0 Å². The van der Waals surface area contributed by atoms with E-state index in [0.717, 1.165) is 49.9 Å². The molecule has 4 aromatic rings. The van der Waals surface area contributed by atoms with Gasteiger partial charge in [0.25, 0.3) is 5.88 Å². The first-order valence-electron chi connectivity index (χ1n) is 15.8. The third-order valence-corrected chi connectivity index (χ3v) is 8.67. The Morgan fingerprint density at radius 3 is 2.50 bits per heavy atom. The summed E-state index contributed by atoms with van der Waals surface area (Å²) in [5, 5.41) is 29.1. The van der Waals surface area contributed by atoms with Crippen LogP contribution in [0.2, 0.25) is 5.02 Å². The standard InChI is InChI=1S/C31H41ClN10O4/c1-20-15-40(16-21(2)45-20)25-5-7-26(8-6-25)42-18-28(30(37-42)44-11-10-43)36-31-33-13-24(14-34-31)23-4-9-27(32)29(12-23)46-22(3)17-41-19-35-38-39-41/h4,9,12-14,18-22,25-26,43H,5-8,10-11,15-17H2,1-3H3,(H,33,34,36)/t20-,21+,22-,25?,26?/m0/s1. The molecule has 1 aliphatic carbocycles. The maximum atomic E-state index is 9.39. The first-order valence-corrected chi connectivity index (χ1v) is 16.2. The van der Waals surface area contributed by atoms with Crippen molar-refractivity contribution in [1.29, 1.82) is 0 Å². The van der Waals surface area contributed by atoms with E-state index in [1.807, 2.05) is 29.9 Å². The molecular weight excluding hydrogens is 612 g/mol. The third kappa shape index (κ3) is 7.92. The highest BCUT2D eigenvalue weighted by atomic mass is 35.5. The molecule has 2 aliphatic rings. The minimum atomic E-state index is -0.213. The van der Waals surface area contributed by atoms with Crippen LogP contribution in [0.3, 0.4) is 0 Å². The zero-order valence-corrected chi connectivity index (χ0v) is 27.1. The lowest BCUT2D eigenvalue weighted by Crippen LogP contribution is -2.51. The number of nitrogens with zero attached hydrogens (tertiary/aromatic N) is 9. The van der Waals surface area contributed by atoms with Crippen molar-refractivity contribution in [2.45, 2.75) is 83.4 Å². The molecular formula is C31H41ClN10O4. The summed E-state index contributed by atoms with van der Waals surface area (Å²) in [5.74, 6) is 1.36. The number of aliphatic hydroxyl groups is 1. The van der Waals surface area contributed by atoms with E-state index >= 15 is 0 Å². The average Bonchev–Trinajstić information content (AvgIpc) is 3.71. The summed E-state index contributed by atoms with van der Waals surface area (Å²) in [4.78, 5) is 11.7. The molecule has 0 amide bonds. The highest BCUT2D eigenvalue weighted by Gasteiger charge is 2.32. The van der Waals surface area contributed by atoms with Crippen molar-refractivity contribution in [1.82, 2.24) is 44.9 Å². The van der Waals surface area contributed by atoms with Crippen molar-refractivity contribution in [2.24, 2.45) is 0 Å². The number of nitrogens with one attached hydrogen (secondary N) is 1. The molecule has 0 unspecified atom stereocenters. The molecule has 46 heavy (non-hydrogen) atoms. The van der Waals surface area contributed by atoms with E-state index in [2.05, 4.69) is 49.6 Å². The van der Waals surface area contributed by atoms with Gasteiger partial charge in [0.1, 0.15) is 30.5 Å². The molecule has 14 nitrogen and oxygen atoms in total. The lowest BCUT2D eigenvalue weighted by atomic mass is 9.89. The Morgan fingerprint density at radius 2 is 1.80 bits per heavy atom. The molecule has 1 saturated carbocycles. The number of hydrogen-bond donors (Lipinski definition) is 2. The number of anilines is 2. The maximum absolute atomic E-state index is 9.39. The Bertz CT molecular complexity index is 1540. The van der Waals surface area contributed by atoms with Crippen LogP contribution in [-0.4, -0.2) is 101 Å². The van der Waals surface area contributed by atoms with Crippen molar-refractivity contribution in [3.63, 3.8) is 0 Å². The van der Waals surface area contributed by atoms with Gasteiger partial charge in [-0.25, -0.2) is 14.6 Å². The molecule has 3 atom stereocenters. The lowest BCUT2D eigenvalue weighted by Gasteiger charge is -2.42. The maximum Gasteiger partial charge on any atom is 0.257 e. The predicted molar refractivity (Wildman–Crippen MR) is 171 cm³/mol. The van der Waals surface area contributed by atoms with Crippen LogP contribution in [-0.2, 0) is 11.3 Å². The molecule has 2 fully saturated rings. The fourth-order valence-corrected chi connectivity index (χ4v) is 6.48. The summed E-state index contributed by atoms with van der Waals surface area (Å²) in [5.41, 5.74) is 2.31. The van der Waals surface area contributed by atoms with Crippen LogP contribution < -0.4 is 14.8 Å². The van der Waals surface area contributed by atoms with Gasteiger partial charge in [0.2, 0.25) is 5.95 Å². The second kappa shape index (κ2) is 14.7. The van der Waals surface area contributed by atoms with Crippen LogP contribution in [0.4, 0.5) is 11.6 Å². The number of hydrogen-bond acceptors (Lipinski definition) is 12. The molecule has 1 saturated heterocycles. The fourth-order valence-electron chi connectivity index (χ4n) is 6.32. The molecule has 0 radical (unpaired) electrons. The van der Waals surface area contributed by atoms with Crippen molar-refractivity contribution < 1.29 is 19.3 Å². The van der Waals surface area contributed by atoms with Gasteiger partial charge in [-0.05, 0) is 74.6 Å². The number of tetrazole rings is 1. The van der Waals surface area contributed by atoms with Crippen molar-refractivity contribution >= 4 is 23.2 Å². The van der Waals surface area contributed by atoms with Gasteiger partial charge in [0, 0.05) is 37.1 Å². The first-order chi connectivity index (χ1) is 22.3. The molecule has 1 aromatic carbocycles. The molecule has 0 bridgehead atoms. The van der Waals surface area contributed by atoms with Crippen LogP contribution in [0.5, 0.6) is 11.6 Å². The normalized spacial score (nSPS) is 22.8. The number of aliphatic hydroxyl groups excluding tert-OH is 1. The topological polar surface area (TPSA) is 150 Å². The summed E-state index contributed by atoms with van der Waals surface area (Å²) in [6, 6.07) is 6.38. The van der Waals surface area contributed by atoms with E-state index in [0.29, 0.717) is 40.9 Å². The predicted octanol–water partition coefficient (Wildman–Crippen LogP) is 4.16. The summed E-state index contributed by atoms with van der Waals surface area (Å²) in [6.07, 6.45) is 11.6. The number of benzene rings is 1. The van der Waals surface area contributed by atoms with Gasteiger partial charge in [-0.15, -0.1) is 10.2 Å². The number of aromatic nitrogens is 8. The van der Waals surface area contributed by atoms with E-state index < -0.39 is 0 Å². The van der Waals surface area contributed by atoms with Gasteiger partial charge in [-0.1, -0.05) is 17.7 Å². The molecule has 2 N–H and O–H groups in total. The summed E-state index contributed by atoms with van der Waals surface area (Å²) < 4.78 is 21.4. The van der Waals surface area contributed by atoms with E-state index in [9.17, 15) is 5.11 Å². The van der Waals surface area contributed by atoms with Crippen LogP contribution in [0.1, 0.15) is 52.5 Å². The summed E-state index contributed by atoms with van der Waals surface area (Å²) >= 11 is 6.43. The summed E-state index contributed by atoms with van der Waals surface area (Å²) in [6.45, 7) is 8.72. The van der Waals surface area contributed by atoms with Crippen LogP contribution in [0, 0.1) is 0 Å². The Balaban J connectivity index is 1.10. The first kappa shape index (κ1) is 32.1. The Kier molecular flexibility index (Phi) is 10.3. The van der Waals surface area contributed by atoms with Gasteiger partial charge in [0.05, 0.1) is 42.6 Å². The SMILES string of the molecule is C[C@@H]1CN(C2CCC(n3cc(Nc4ncc(-c5ccc(Cl)c(O[C@@H](C)Cn6cnnn6)c5)cn4)c(OCCO)n3)CC2)C[C@H](C)O1. The van der Waals surface area contributed by atoms with Crippen molar-refractivity contribution in [3.8, 4) is 22.8 Å². The highest BCUT2D eigenvalue weighted by Crippen LogP contribution is 2.36. The smallest absolute Gasteiger partial charge is 0.257 e. The Morgan fingerprint density at radius 1 is 1.07 bits per heavy atom. The minimum absolute atomic E-state index is 0.109. The highest BCUT2D eigenvalue weighted by molar-refractivity contribution is 6.32.